The smallest absolute Gasteiger partial charge is 0.339 e. The van der Waals surface area contributed by atoms with Gasteiger partial charge in [-0.15, -0.1) is 0 Å². The van der Waals surface area contributed by atoms with Crippen LogP contribution < -0.4 is 5.32 Å². The first-order valence-electron chi connectivity index (χ1n) is 7.07. The summed E-state index contributed by atoms with van der Waals surface area (Å²) < 4.78 is 10.1. The van der Waals surface area contributed by atoms with Crippen molar-refractivity contribution in [1.82, 2.24) is 0 Å². The van der Waals surface area contributed by atoms with Crippen LogP contribution in [0.4, 0.5) is 5.69 Å². The van der Waals surface area contributed by atoms with Crippen molar-refractivity contribution < 1.29 is 29.0 Å². The highest BCUT2D eigenvalue weighted by Crippen LogP contribution is 2.40. The molecule has 2 aliphatic rings. The Bertz CT molecular complexity index is 698. The Labute approximate surface area is 131 Å². The van der Waals surface area contributed by atoms with E-state index in [1.165, 1.54) is 13.2 Å². The zero-order valence-electron chi connectivity index (χ0n) is 12.3. The van der Waals surface area contributed by atoms with E-state index in [1.54, 1.807) is 30.4 Å². The summed E-state index contributed by atoms with van der Waals surface area (Å²) in [4.78, 5) is 35.7. The number of benzene rings is 1. The van der Waals surface area contributed by atoms with Crippen LogP contribution in [0.25, 0.3) is 0 Å². The van der Waals surface area contributed by atoms with E-state index in [0.717, 1.165) is 0 Å². The molecule has 1 aromatic rings. The quantitative estimate of drug-likeness (QED) is 0.636. The highest BCUT2D eigenvalue weighted by Gasteiger charge is 2.53. The highest BCUT2D eigenvalue weighted by atomic mass is 16.5. The van der Waals surface area contributed by atoms with Crippen LogP contribution in [-0.4, -0.2) is 42.3 Å². The van der Waals surface area contributed by atoms with Gasteiger partial charge in [0.1, 0.15) is 5.92 Å². The summed E-state index contributed by atoms with van der Waals surface area (Å²) in [5.41, 5.74) is 0.482. The van der Waals surface area contributed by atoms with Crippen LogP contribution in [-0.2, 0) is 19.1 Å². The van der Waals surface area contributed by atoms with Crippen molar-refractivity contribution in [3.05, 3.63) is 42.0 Å². The second-order valence-electron chi connectivity index (χ2n) is 5.37. The predicted octanol–water partition coefficient (Wildman–Crippen LogP) is 1.07. The molecule has 2 N–H and O–H groups in total. The molecule has 0 unspecified atom stereocenters. The summed E-state index contributed by atoms with van der Waals surface area (Å²) in [6.07, 6.45) is 2.20. The summed E-state index contributed by atoms with van der Waals surface area (Å²) in [7, 11) is 1.25. The lowest BCUT2D eigenvalue weighted by molar-refractivity contribution is -0.145. The summed E-state index contributed by atoms with van der Waals surface area (Å²) in [5, 5.41) is 12.0. The molecule has 0 spiro atoms. The topological polar surface area (TPSA) is 102 Å². The van der Waals surface area contributed by atoms with E-state index >= 15 is 0 Å². The van der Waals surface area contributed by atoms with Gasteiger partial charge in [-0.05, 0) is 12.1 Å². The highest BCUT2D eigenvalue weighted by molar-refractivity contribution is 6.03. The number of hydrogen-bond donors (Lipinski definition) is 2. The second kappa shape index (κ2) is 5.85. The van der Waals surface area contributed by atoms with Crippen molar-refractivity contribution >= 4 is 23.5 Å². The molecule has 0 radical (unpaired) electrons. The van der Waals surface area contributed by atoms with Crippen LogP contribution in [0.1, 0.15) is 10.4 Å². The number of carbonyl (C=O) groups excluding carboxylic acids is 2. The minimum atomic E-state index is -1.08. The first-order valence-corrected chi connectivity index (χ1v) is 7.07. The van der Waals surface area contributed by atoms with Gasteiger partial charge in [0.15, 0.2) is 0 Å². The maximum absolute atomic E-state index is 12.5. The summed E-state index contributed by atoms with van der Waals surface area (Å²) in [6.45, 7) is 0. The van der Waals surface area contributed by atoms with E-state index in [0.29, 0.717) is 0 Å². The number of para-hydroxylation sites is 1. The monoisotopic (exact) mass is 317 g/mol. The van der Waals surface area contributed by atoms with Crippen molar-refractivity contribution in [2.24, 2.45) is 11.8 Å². The molecule has 0 aromatic heterocycles. The van der Waals surface area contributed by atoms with Crippen LogP contribution in [0.5, 0.6) is 0 Å². The second-order valence-corrected chi connectivity index (χ2v) is 5.37. The van der Waals surface area contributed by atoms with Crippen LogP contribution in [0.3, 0.4) is 0 Å². The normalized spacial score (nSPS) is 27.7. The van der Waals surface area contributed by atoms with Gasteiger partial charge in [0.25, 0.3) is 0 Å². The zero-order chi connectivity index (χ0) is 16.6. The Morgan fingerprint density at radius 1 is 1.13 bits per heavy atom. The van der Waals surface area contributed by atoms with Gasteiger partial charge in [0.05, 0.1) is 36.5 Å². The van der Waals surface area contributed by atoms with E-state index in [2.05, 4.69) is 10.1 Å². The van der Waals surface area contributed by atoms with Crippen LogP contribution >= 0.6 is 0 Å². The standard InChI is InChI=1S/C16H15NO6/c1-22-16(21)8-4-2-3-5-9(8)17-14(18)12-10-6-7-11(23-10)13(12)15(19)20/h2-7,10-13H,1H3,(H,17,18)(H,19,20)/t10-,11-,12+,13-/m1/s1. The molecule has 0 aliphatic carbocycles. The molecule has 7 heteroatoms. The lowest BCUT2D eigenvalue weighted by Crippen LogP contribution is -2.39. The van der Waals surface area contributed by atoms with E-state index < -0.39 is 41.9 Å². The Hall–Kier alpha value is -2.67. The van der Waals surface area contributed by atoms with E-state index in [-0.39, 0.29) is 11.3 Å². The molecule has 3 rings (SSSR count). The van der Waals surface area contributed by atoms with Crippen molar-refractivity contribution in [3.63, 3.8) is 0 Å². The number of nitrogens with one attached hydrogen (secondary N) is 1. The molecule has 2 bridgehead atoms. The predicted molar refractivity (Wildman–Crippen MR) is 78.8 cm³/mol. The van der Waals surface area contributed by atoms with Crippen LogP contribution in [0.15, 0.2) is 36.4 Å². The number of hydrogen-bond acceptors (Lipinski definition) is 5. The molecular formula is C16H15NO6. The maximum atomic E-state index is 12.5. The van der Waals surface area contributed by atoms with Gasteiger partial charge in [-0.2, -0.15) is 0 Å². The van der Waals surface area contributed by atoms with Gasteiger partial charge < -0.3 is 19.9 Å². The molecular weight excluding hydrogens is 302 g/mol. The van der Waals surface area contributed by atoms with Crippen molar-refractivity contribution in [1.29, 1.82) is 0 Å². The Morgan fingerprint density at radius 3 is 2.43 bits per heavy atom. The number of esters is 1. The fraction of sp³-hybridized carbons (Fsp3) is 0.312. The van der Waals surface area contributed by atoms with Gasteiger partial charge >= 0.3 is 11.9 Å². The lowest BCUT2D eigenvalue weighted by Gasteiger charge is -2.21. The van der Waals surface area contributed by atoms with Gasteiger partial charge in [-0.1, -0.05) is 24.3 Å². The fourth-order valence-corrected chi connectivity index (χ4v) is 3.01. The van der Waals surface area contributed by atoms with Crippen LogP contribution in [0.2, 0.25) is 0 Å². The largest absolute Gasteiger partial charge is 0.481 e. The third kappa shape index (κ3) is 2.59. The summed E-state index contributed by atoms with van der Waals surface area (Å²) in [5.74, 6) is -3.93. The van der Waals surface area contributed by atoms with Gasteiger partial charge in [-0.25, -0.2) is 4.79 Å². The van der Waals surface area contributed by atoms with E-state index in [1.807, 2.05) is 0 Å². The van der Waals surface area contributed by atoms with Crippen molar-refractivity contribution in [2.75, 3.05) is 12.4 Å². The molecule has 2 heterocycles. The van der Waals surface area contributed by atoms with Gasteiger partial charge in [0.2, 0.25) is 5.91 Å². The lowest BCUT2D eigenvalue weighted by atomic mass is 9.82. The molecule has 1 aromatic carbocycles. The number of carbonyl (C=O) groups is 3. The number of amides is 1. The average molecular weight is 317 g/mol. The molecule has 7 nitrogen and oxygen atoms in total. The number of carboxylic acids is 1. The number of rotatable bonds is 4. The van der Waals surface area contributed by atoms with Gasteiger partial charge in [0, 0.05) is 0 Å². The average Bonchev–Trinajstić information content (AvgIpc) is 3.15. The first-order chi connectivity index (χ1) is 11.0. The molecule has 1 fully saturated rings. The molecule has 120 valence electrons. The maximum Gasteiger partial charge on any atom is 0.339 e. The minimum absolute atomic E-state index is 0.204. The number of fused-ring (bicyclic) bond motifs is 2. The van der Waals surface area contributed by atoms with E-state index in [9.17, 15) is 19.5 Å². The molecule has 1 amide bonds. The molecule has 0 saturated carbocycles. The molecule has 1 saturated heterocycles. The summed E-state index contributed by atoms with van der Waals surface area (Å²) in [6, 6.07) is 6.39. The first kappa shape index (κ1) is 15.2. The Balaban J connectivity index is 1.84. The molecule has 23 heavy (non-hydrogen) atoms. The number of carboxylic acid groups (broad SMARTS) is 1. The minimum Gasteiger partial charge on any atom is -0.481 e. The molecule has 2 aliphatic heterocycles. The molecule has 4 atom stereocenters. The zero-order valence-corrected chi connectivity index (χ0v) is 12.3. The van der Waals surface area contributed by atoms with Gasteiger partial charge in [-0.3, -0.25) is 9.59 Å². The van der Waals surface area contributed by atoms with Crippen LogP contribution in [0, 0.1) is 11.8 Å². The van der Waals surface area contributed by atoms with Crippen molar-refractivity contribution in [2.45, 2.75) is 12.2 Å². The SMILES string of the molecule is COC(=O)c1ccccc1NC(=O)[C@@H]1[C@H](C(=O)O)[C@H]2C=C[C@H]1O2. The van der Waals surface area contributed by atoms with Crippen molar-refractivity contribution in [3.8, 4) is 0 Å². The number of ether oxygens (including phenoxy) is 2. The fourth-order valence-electron chi connectivity index (χ4n) is 3.01. The number of anilines is 1. The third-order valence-corrected chi connectivity index (χ3v) is 4.08. The Morgan fingerprint density at radius 2 is 1.78 bits per heavy atom. The van der Waals surface area contributed by atoms with E-state index in [4.69, 9.17) is 4.74 Å². The Kier molecular flexibility index (Phi) is 3.87. The summed E-state index contributed by atoms with van der Waals surface area (Å²) >= 11 is 0. The third-order valence-electron chi connectivity index (χ3n) is 4.08. The number of methoxy groups -OCH3 is 1. The number of aliphatic carboxylic acids is 1.